The largest absolute Gasteiger partial charge is 0.337 e. The first-order valence-electron chi connectivity index (χ1n) is 7.36. The van der Waals surface area contributed by atoms with Gasteiger partial charge in [-0.25, -0.2) is 13.6 Å². The van der Waals surface area contributed by atoms with Crippen LogP contribution in [0, 0.1) is 17.6 Å². The van der Waals surface area contributed by atoms with Crippen LogP contribution in [0.3, 0.4) is 0 Å². The number of aromatic nitrogens is 2. The van der Waals surface area contributed by atoms with E-state index < -0.39 is 17.7 Å². The molecule has 0 fully saturated rings. The third-order valence-corrected chi connectivity index (χ3v) is 3.70. The van der Waals surface area contributed by atoms with Crippen LogP contribution < -0.4 is 10.6 Å². The fourth-order valence-corrected chi connectivity index (χ4v) is 2.39. The first kappa shape index (κ1) is 16.9. The molecule has 2 rings (SSSR count). The molecule has 0 saturated heterocycles. The number of benzene rings is 1. The molecule has 1 aromatic carbocycles. The second-order valence-electron chi connectivity index (χ2n) is 5.69. The van der Waals surface area contributed by atoms with E-state index in [0.717, 1.165) is 23.9 Å². The summed E-state index contributed by atoms with van der Waals surface area (Å²) in [6, 6.07) is 4.22. The Morgan fingerprint density at radius 1 is 1.30 bits per heavy atom. The third kappa shape index (κ3) is 4.28. The summed E-state index contributed by atoms with van der Waals surface area (Å²) in [4.78, 5) is 11.9. The highest BCUT2D eigenvalue weighted by atomic mass is 19.1. The number of hydrogen-bond donors (Lipinski definition) is 2. The van der Waals surface area contributed by atoms with Crippen molar-refractivity contribution >= 4 is 11.7 Å². The summed E-state index contributed by atoms with van der Waals surface area (Å²) in [6.07, 6.45) is 1.70. The lowest BCUT2D eigenvalue weighted by molar-refractivity contribution is 0.250. The monoisotopic (exact) mass is 322 g/mol. The van der Waals surface area contributed by atoms with Gasteiger partial charge in [0.05, 0.1) is 5.69 Å². The Morgan fingerprint density at radius 2 is 2.04 bits per heavy atom. The number of carbonyl (C=O) groups excluding carboxylic acids is 1. The fourth-order valence-electron chi connectivity index (χ4n) is 2.39. The lowest BCUT2D eigenvalue weighted by Crippen LogP contribution is -2.34. The molecule has 1 heterocycles. The Hall–Kier alpha value is -2.44. The Labute approximate surface area is 133 Å². The third-order valence-electron chi connectivity index (χ3n) is 3.70. The summed E-state index contributed by atoms with van der Waals surface area (Å²) in [5.41, 5.74) is 0.807. The number of hydrogen-bond acceptors (Lipinski definition) is 2. The molecule has 0 aliphatic rings. The van der Waals surface area contributed by atoms with E-state index in [-0.39, 0.29) is 17.5 Å². The topological polar surface area (TPSA) is 59.0 Å². The van der Waals surface area contributed by atoms with Gasteiger partial charge in [0.1, 0.15) is 11.6 Å². The average molecular weight is 322 g/mol. The minimum absolute atomic E-state index is 0.0607. The van der Waals surface area contributed by atoms with E-state index in [2.05, 4.69) is 15.7 Å². The molecule has 0 spiro atoms. The van der Waals surface area contributed by atoms with Gasteiger partial charge in [0.2, 0.25) is 0 Å². The van der Waals surface area contributed by atoms with Crippen LogP contribution in [-0.4, -0.2) is 22.4 Å². The molecule has 2 N–H and O–H groups in total. The second kappa shape index (κ2) is 7.21. The summed E-state index contributed by atoms with van der Waals surface area (Å²) in [5, 5.41) is 9.15. The molecule has 0 aliphatic carbocycles. The zero-order valence-electron chi connectivity index (χ0n) is 13.3. The molecule has 5 nitrogen and oxygen atoms in total. The molecular weight excluding hydrogens is 302 g/mol. The number of halogens is 2. The van der Waals surface area contributed by atoms with Gasteiger partial charge in [-0.15, -0.1) is 0 Å². The van der Waals surface area contributed by atoms with E-state index in [1.807, 2.05) is 27.0 Å². The first-order chi connectivity index (χ1) is 10.9. The Balaban J connectivity index is 1.99. The summed E-state index contributed by atoms with van der Waals surface area (Å²) in [6.45, 7) is 4.45. The fraction of sp³-hybridized carbons (Fsp3) is 0.375. The number of carbonyl (C=O) groups is 1. The Kier molecular flexibility index (Phi) is 5.31. The van der Waals surface area contributed by atoms with Gasteiger partial charge < -0.3 is 10.6 Å². The quantitative estimate of drug-likeness (QED) is 0.887. The molecule has 1 aromatic heterocycles. The highest BCUT2D eigenvalue weighted by Gasteiger charge is 2.20. The maximum atomic E-state index is 13.5. The van der Waals surface area contributed by atoms with Crippen LogP contribution in [0.4, 0.5) is 19.3 Å². The van der Waals surface area contributed by atoms with Crippen LogP contribution in [0.15, 0.2) is 30.5 Å². The van der Waals surface area contributed by atoms with E-state index in [0.29, 0.717) is 6.54 Å². The number of anilines is 1. The maximum absolute atomic E-state index is 13.5. The summed E-state index contributed by atoms with van der Waals surface area (Å²) < 4.78 is 28.4. The number of nitrogens with zero attached hydrogens (tertiary/aromatic N) is 2. The van der Waals surface area contributed by atoms with Crippen LogP contribution in [0.25, 0.3) is 0 Å². The number of nitrogens with one attached hydrogen (secondary N) is 2. The zero-order chi connectivity index (χ0) is 17.0. The van der Waals surface area contributed by atoms with Crippen molar-refractivity contribution in [1.82, 2.24) is 15.1 Å². The van der Waals surface area contributed by atoms with Gasteiger partial charge >= 0.3 is 6.03 Å². The molecule has 0 bridgehead atoms. The Morgan fingerprint density at radius 3 is 2.65 bits per heavy atom. The molecule has 1 atom stereocenters. The molecule has 0 aliphatic heterocycles. The van der Waals surface area contributed by atoms with E-state index >= 15 is 0 Å². The van der Waals surface area contributed by atoms with Crippen LogP contribution in [0.5, 0.6) is 0 Å². The van der Waals surface area contributed by atoms with Gasteiger partial charge in [0.25, 0.3) is 0 Å². The average Bonchev–Trinajstić information content (AvgIpc) is 2.89. The SMILES string of the molecule is CC(C)[C@@H](CNC(=O)Nc1cc(F)ccc1F)c1ccnn1C. The highest BCUT2D eigenvalue weighted by molar-refractivity contribution is 5.89. The predicted molar refractivity (Wildman–Crippen MR) is 84.2 cm³/mol. The maximum Gasteiger partial charge on any atom is 0.319 e. The molecule has 0 unspecified atom stereocenters. The van der Waals surface area contributed by atoms with E-state index in [4.69, 9.17) is 0 Å². The van der Waals surface area contributed by atoms with Crippen molar-refractivity contribution in [1.29, 1.82) is 0 Å². The summed E-state index contributed by atoms with van der Waals surface area (Å²) >= 11 is 0. The van der Waals surface area contributed by atoms with Crippen molar-refractivity contribution in [2.45, 2.75) is 19.8 Å². The lowest BCUT2D eigenvalue weighted by Gasteiger charge is -2.21. The van der Waals surface area contributed by atoms with Gasteiger partial charge in [-0.1, -0.05) is 13.8 Å². The number of aryl methyl sites for hydroxylation is 1. The lowest BCUT2D eigenvalue weighted by atomic mass is 9.92. The van der Waals surface area contributed by atoms with Gasteiger partial charge in [0, 0.05) is 37.5 Å². The minimum Gasteiger partial charge on any atom is -0.337 e. The molecule has 124 valence electrons. The standard InChI is InChI=1S/C16H20F2N4O/c1-10(2)12(15-6-7-20-22(15)3)9-19-16(23)21-14-8-11(17)4-5-13(14)18/h4-8,10,12H,9H2,1-3H3,(H2,19,21,23)/t12-/m1/s1. The van der Waals surface area contributed by atoms with Gasteiger partial charge in [0.15, 0.2) is 0 Å². The van der Waals surface area contributed by atoms with Crippen LogP contribution in [0.1, 0.15) is 25.5 Å². The number of rotatable bonds is 5. The van der Waals surface area contributed by atoms with Gasteiger partial charge in [-0.2, -0.15) is 5.10 Å². The van der Waals surface area contributed by atoms with Gasteiger partial charge in [-0.05, 0) is 24.1 Å². The van der Waals surface area contributed by atoms with Gasteiger partial charge in [-0.3, -0.25) is 4.68 Å². The molecule has 2 amide bonds. The molecule has 0 radical (unpaired) electrons. The van der Waals surface area contributed by atoms with Crippen molar-refractivity contribution in [3.63, 3.8) is 0 Å². The van der Waals surface area contributed by atoms with Crippen molar-refractivity contribution in [2.24, 2.45) is 13.0 Å². The van der Waals surface area contributed by atoms with Crippen LogP contribution in [0.2, 0.25) is 0 Å². The van der Waals surface area contributed by atoms with Crippen molar-refractivity contribution in [3.8, 4) is 0 Å². The summed E-state index contributed by atoms with van der Waals surface area (Å²) in [7, 11) is 1.84. The highest BCUT2D eigenvalue weighted by Crippen LogP contribution is 2.23. The predicted octanol–water partition coefficient (Wildman–Crippen LogP) is 3.26. The minimum atomic E-state index is -0.686. The molecule has 23 heavy (non-hydrogen) atoms. The zero-order valence-corrected chi connectivity index (χ0v) is 13.3. The van der Waals surface area contributed by atoms with E-state index in [9.17, 15) is 13.6 Å². The number of urea groups is 1. The summed E-state index contributed by atoms with van der Waals surface area (Å²) in [5.74, 6) is -0.965. The Bertz CT molecular complexity index is 684. The second-order valence-corrected chi connectivity index (χ2v) is 5.69. The van der Waals surface area contributed by atoms with Crippen LogP contribution in [-0.2, 0) is 7.05 Å². The molecule has 7 heteroatoms. The van der Waals surface area contributed by atoms with Crippen LogP contribution >= 0.6 is 0 Å². The normalized spacial score (nSPS) is 12.3. The number of amides is 2. The molecule has 0 saturated carbocycles. The first-order valence-corrected chi connectivity index (χ1v) is 7.36. The molecule has 2 aromatic rings. The van der Waals surface area contributed by atoms with Crippen molar-refractivity contribution in [2.75, 3.05) is 11.9 Å². The van der Waals surface area contributed by atoms with Crippen molar-refractivity contribution < 1.29 is 13.6 Å². The van der Waals surface area contributed by atoms with Crippen molar-refractivity contribution in [3.05, 3.63) is 47.8 Å². The van der Waals surface area contributed by atoms with E-state index in [1.54, 1.807) is 10.9 Å². The molecular formula is C16H20F2N4O. The van der Waals surface area contributed by atoms with E-state index in [1.165, 1.54) is 0 Å². The smallest absolute Gasteiger partial charge is 0.319 e.